The summed E-state index contributed by atoms with van der Waals surface area (Å²) in [5.74, 6) is -0.246. The fourth-order valence-corrected chi connectivity index (χ4v) is 4.25. The lowest BCUT2D eigenvalue weighted by atomic mass is 9.83. The number of β-amino-alcohol motifs (C(OH)–C–C–N with tert-alkyl or cyclic N) is 1. The van der Waals surface area contributed by atoms with Crippen molar-refractivity contribution < 1.29 is 19.8 Å². The molecule has 0 bridgehead atoms. The van der Waals surface area contributed by atoms with Gasteiger partial charge in [0.05, 0.1) is 29.5 Å². The van der Waals surface area contributed by atoms with Gasteiger partial charge in [-0.25, -0.2) is 0 Å². The molecular weight excluding hydrogens is 348 g/mol. The van der Waals surface area contributed by atoms with Gasteiger partial charge in [-0.3, -0.25) is 14.3 Å². The molecule has 1 aromatic rings. The summed E-state index contributed by atoms with van der Waals surface area (Å²) in [4.78, 5) is 28.7. The van der Waals surface area contributed by atoms with Gasteiger partial charge >= 0.3 is 0 Å². The lowest BCUT2D eigenvalue weighted by Gasteiger charge is -2.46. The highest BCUT2D eigenvalue weighted by Crippen LogP contribution is 2.37. The van der Waals surface area contributed by atoms with Crippen molar-refractivity contribution in [3.63, 3.8) is 0 Å². The first kappa shape index (κ1) is 19.6. The summed E-state index contributed by atoms with van der Waals surface area (Å²) >= 11 is 0. The SMILES string of the molecule is CN1C(=O)CCC[C@H]2N(C(=O)C=Cc3ccnn3C)C[C@H](O)[C@H](O)C[C@@]21C. The number of carbonyl (C=O) groups excluding carboxylic acids is 2. The van der Waals surface area contributed by atoms with Crippen LogP contribution in [-0.2, 0) is 16.6 Å². The van der Waals surface area contributed by atoms with Gasteiger partial charge in [-0.1, -0.05) is 0 Å². The number of rotatable bonds is 2. The molecule has 2 saturated heterocycles. The van der Waals surface area contributed by atoms with E-state index in [9.17, 15) is 19.8 Å². The zero-order valence-electron chi connectivity index (χ0n) is 16.1. The molecule has 0 saturated carbocycles. The predicted molar refractivity (Wildman–Crippen MR) is 99.4 cm³/mol. The van der Waals surface area contributed by atoms with Crippen LogP contribution in [0.2, 0.25) is 0 Å². The van der Waals surface area contributed by atoms with Crippen LogP contribution in [0.4, 0.5) is 0 Å². The number of nitrogens with zero attached hydrogens (tertiary/aromatic N) is 4. The Morgan fingerprint density at radius 1 is 1.33 bits per heavy atom. The first-order chi connectivity index (χ1) is 12.7. The largest absolute Gasteiger partial charge is 0.390 e. The summed E-state index contributed by atoms with van der Waals surface area (Å²) in [6.07, 6.45) is 4.74. The van der Waals surface area contributed by atoms with Gasteiger partial charge in [0.25, 0.3) is 0 Å². The summed E-state index contributed by atoms with van der Waals surface area (Å²) in [7, 11) is 3.51. The first-order valence-electron chi connectivity index (χ1n) is 9.33. The molecule has 8 nitrogen and oxygen atoms in total. The number of amides is 2. The maximum atomic E-state index is 13.0. The number of likely N-dealkylation sites (N-methyl/N-ethyl adjacent to an activating group) is 1. The van der Waals surface area contributed by atoms with Crippen LogP contribution in [0.15, 0.2) is 18.3 Å². The molecule has 1 aromatic heterocycles. The molecule has 27 heavy (non-hydrogen) atoms. The topological polar surface area (TPSA) is 98.9 Å². The highest BCUT2D eigenvalue weighted by molar-refractivity contribution is 5.92. The normalized spacial score (nSPS) is 32.3. The molecule has 3 rings (SSSR count). The molecule has 0 radical (unpaired) electrons. The number of hydrogen-bond donors (Lipinski definition) is 2. The van der Waals surface area contributed by atoms with Crippen LogP contribution in [0.5, 0.6) is 0 Å². The highest BCUT2D eigenvalue weighted by atomic mass is 16.3. The lowest BCUT2D eigenvalue weighted by Crippen LogP contribution is -2.60. The van der Waals surface area contributed by atoms with Gasteiger partial charge in [0.15, 0.2) is 0 Å². The van der Waals surface area contributed by atoms with Crippen LogP contribution in [0.3, 0.4) is 0 Å². The van der Waals surface area contributed by atoms with Crippen molar-refractivity contribution >= 4 is 17.9 Å². The number of aliphatic hydroxyl groups excluding tert-OH is 2. The third-order valence-electron chi connectivity index (χ3n) is 6.09. The number of aromatic nitrogens is 2. The van der Waals surface area contributed by atoms with Gasteiger partial charge in [0.1, 0.15) is 0 Å². The van der Waals surface area contributed by atoms with Crippen LogP contribution < -0.4 is 0 Å². The smallest absolute Gasteiger partial charge is 0.247 e. The van der Waals surface area contributed by atoms with Crippen LogP contribution in [0, 0.1) is 0 Å². The predicted octanol–water partition coefficient (Wildman–Crippen LogP) is 0.157. The van der Waals surface area contributed by atoms with Crippen LogP contribution >= 0.6 is 0 Å². The Hall–Kier alpha value is -2.19. The number of carbonyl (C=O) groups is 2. The lowest BCUT2D eigenvalue weighted by molar-refractivity contribution is -0.140. The Kier molecular flexibility index (Phi) is 5.39. The maximum absolute atomic E-state index is 13.0. The Bertz CT molecular complexity index is 746. The van der Waals surface area contributed by atoms with E-state index in [2.05, 4.69) is 5.10 Å². The van der Waals surface area contributed by atoms with Crippen molar-refractivity contribution in [1.82, 2.24) is 19.6 Å². The monoisotopic (exact) mass is 376 g/mol. The van der Waals surface area contributed by atoms with Crippen LogP contribution in [0.25, 0.3) is 6.08 Å². The van der Waals surface area contributed by atoms with E-state index in [-0.39, 0.29) is 30.8 Å². The van der Waals surface area contributed by atoms with Crippen molar-refractivity contribution in [3.05, 3.63) is 24.0 Å². The van der Waals surface area contributed by atoms with Gasteiger partial charge < -0.3 is 20.0 Å². The molecule has 4 atom stereocenters. The van der Waals surface area contributed by atoms with E-state index in [0.717, 1.165) is 5.69 Å². The number of aryl methyl sites for hydroxylation is 1. The van der Waals surface area contributed by atoms with Gasteiger partial charge in [-0.05, 0) is 31.9 Å². The van der Waals surface area contributed by atoms with Gasteiger partial charge in [-0.2, -0.15) is 5.10 Å². The Balaban J connectivity index is 1.94. The Morgan fingerprint density at radius 2 is 2.07 bits per heavy atom. The maximum Gasteiger partial charge on any atom is 0.247 e. The number of aliphatic hydroxyl groups is 2. The number of likely N-dealkylation sites (tertiary alicyclic amines) is 2. The second kappa shape index (κ2) is 7.44. The molecule has 0 unspecified atom stereocenters. The Labute approximate surface area is 159 Å². The van der Waals surface area contributed by atoms with Crippen LogP contribution in [0.1, 0.15) is 38.3 Å². The summed E-state index contributed by atoms with van der Waals surface area (Å²) in [6, 6.07) is 1.52. The van der Waals surface area contributed by atoms with Crippen molar-refractivity contribution in [1.29, 1.82) is 0 Å². The fourth-order valence-electron chi connectivity index (χ4n) is 4.25. The van der Waals surface area contributed by atoms with E-state index in [0.29, 0.717) is 19.3 Å². The first-order valence-corrected chi connectivity index (χ1v) is 9.33. The molecule has 2 amide bonds. The van der Waals surface area contributed by atoms with E-state index in [1.165, 1.54) is 6.08 Å². The summed E-state index contributed by atoms with van der Waals surface area (Å²) in [5.41, 5.74) is 0.0511. The third kappa shape index (κ3) is 3.64. The zero-order valence-corrected chi connectivity index (χ0v) is 16.1. The molecule has 0 spiro atoms. The van der Waals surface area contributed by atoms with Crippen molar-refractivity contribution in [2.45, 2.75) is 56.4 Å². The minimum atomic E-state index is -1.05. The number of hydrogen-bond acceptors (Lipinski definition) is 5. The highest BCUT2D eigenvalue weighted by Gasteiger charge is 2.50. The summed E-state index contributed by atoms with van der Waals surface area (Å²) in [6.45, 7) is 1.94. The van der Waals surface area contributed by atoms with Gasteiger partial charge in [0, 0.05) is 45.8 Å². The second-order valence-electron chi connectivity index (χ2n) is 7.76. The molecule has 2 fully saturated rings. The minimum absolute atomic E-state index is 0.00131. The third-order valence-corrected chi connectivity index (χ3v) is 6.09. The molecule has 8 heteroatoms. The van der Waals surface area contributed by atoms with Gasteiger partial charge in [-0.15, -0.1) is 0 Å². The fraction of sp³-hybridized carbons (Fsp3) is 0.632. The van der Waals surface area contributed by atoms with E-state index >= 15 is 0 Å². The molecule has 0 aliphatic carbocycles. The number of fused-ring (bicyclic) bond motifs is 1. The van der Waals surface area contributed by atoms with Gasteiger partial charge in [0.2, 0.25) is 11.8 Å². The molecule has 2 aliphatic rings. The zero-order chi connectivity index (χ0) is 19.8. The molecule has 3 heterocycles. The minimum Gasteiger partial charge on any atom is -0.390 e. The van der Waals surface area contributed by atoms with E-state index in [4.69, 9.17) is 0 Å². The van der Waals surface area contributed by atoms with Crippen molar-refractivity contribution in [3.8, 4) is 0 Å². The van der Waals surface area contributed by atoms with E-state index in [1.54, 1.807) is 46.9 Å². The van der Waals surface area contributed by atoms with Crippen LogP contribution in [-0.4, -0.2) is 79.0 Å². The quantitative estimate of drug-likeness (QED) is 0.717. The second-order valence-corrected chi connectivity index (χ2v) is 7.76. The molecule has 0 aromatic carbocycles. The Morgan fingerprint density at radius 3 is 2.74 bits per heavy atom. The average molecular weight is 376 g/mol. The van der Waals surface area contributed by atoms with E-state index in [1.807, 2.05) is 6.92 Å². The van der Waals surface area contributed by atoms with Crippen molar-refractivity contribution in [2.24, 2.45) is 7.05 Å². The summed E-state index contributed by atoms with van der Waals surface area (Å²) in [5, 5.41) is 24.9. The van der Waals surface area contributed by atoms with Crippen molar-refractivity contribution in [2.75, 3.05) is 13.6 Å². The molecule has 2 aliphatic heterocycles. The average Bonchev–Trinajstić information content (AvgIpc) is 2.96. The summed E-state index contributed by atoms with van der Waals surface area (Å²) < 4.78 is 1.66. The molecule has 2 N–H and O–H groups in total. The molecular formula is C19H28N4O4. The van der Waals surface area contributed by atoms with E-state index < -0.39 is 17.7 Å². The standard InChI is InChI=1S/C19H28N4O4/c1-19-11-14(24)15(25)12-23(16(19)5-4-6-17(26)21(19)2)18(27)8-7-13-9-10-20-22(13)3/h7-10,14-16,24-25H,4-6,11-12H2,1-3H3/t14-,15+,16-,19+/m1/s1. The molecule has 148 valence electrons.